The highest BCUT2D eigenvalue weighted by molar-refractivity contribution is 5.94. The van der Waals surface area contributed by atoms with E-state index >= 15 is 0 Å². The molecular formula is C11H16FN3O2. The van der Waals surface area contributed by atoms with Crippen molar-refractivity contribution in [3.05, 3.63) is 23.6 Å². The molecule has 94 valence electrons. The van der Waals surface area contributed by atoms with Gasteiger partial charge in [-0.2, -0.15) is 0 Å². The number of halogens is 1. The predicted molar refractivity (Wildman–Crippen MR) is 61.9 cm³/mol. The summed E-state index contributed by atoms with van der Waals surface area (Å²) in [4.78, 5) is 16.7. The number of carbonyl (C=O) groups excluding carboxylic acids is 1. The Hall–Kier alpha value is -1.69. The van der Waals surface area contributed by atoms with Gasteiger partial charge in [0.05, 0.1) is 11.7 Å². The number of aliphatic hydroxyl groups is 1. The van der Waals surface area contributed by atoms with Crippen molar-refractivity contribution in [1.29, 1.82) is 0 Å². The molecule has 1 amide bonds. The molecule has 0 fully saturated rings. The third-order valence-electron chi connectivity index (χ3n) is 2.38. The number of nitrogens with two attached hydrogens (primary N) is 1. The molecule has 1 aromatic heterocycles. The van der Waals surface area contributed by atoms with Crippen molar-refractivity contribution in [2.75, 3.05) is 19.3 Å². The van der Waals surface area contributed by atoms with Gasteiger partial charge in [-0.05, 0) is 19.4 Å². The van der Waals surface area contributed by atoms with Crippen LogP contribution in [-0.4, -0.2) is 40.6 Å². The van der Waals surface area contributed by atoms with E-state index in [4.69, 9.17) is 10.8 Å². The Morgan fingerprint density at radius 1 is 1.71 bits per heavy atom. The van der Waals surface area contributed by atoms with Crippen LogP contribution in [0.3, 0.4) is 0 Å². The van der Waals surface area contributed by atoms with E-state index in [0.29, 0.717) is 13.0 Å². The van der Waals surface area contributed by atoms with Crippen LogP contribution in [0.1, 0.15) is 23.7 Å². The van der Waals surface area contributed by atoms with Crippen molar-refractivity contribution < 1.29 is 14.3 Å². The van der Waals surface area contributed by atoms with E-state index in [1.54, 1.807) is 14.0 Å². The number of hydrogen-bond donors (Lipinski definition) is 2. The van der Waals surface area contributed by atoms with Gasteiger partial charge in [0.25, 0.3) is 5.91 Å². The molecule has 0 aliphatic carbocycles. The second-order valence-electron chi connectivity index (χ2n) is 3.92. The molecule has 0 aliphatic heterocycles. The summed E-state index contributed by atoms with van der Waals surface area (Å²) in [6.45, 7) is 1.97. The maximum atomic E-state index is 13.5. The standard InChI is InChI=1S/C11H16FN3O2/c1-7(16)4-6-15(2)11(17)8-3-5-14-10(13)9(8)12/h3,5,7,16H,4,6H2,1-2H3,(H2,13,14). The van der Waals surface area contributed by atoms with Gasteiger partial charge in [-0.25, -0.2) is 9.37 Å². The molecule has 0 aromatic carbocycles. The molecule has 17 heavy (non-hydrogen) atoms. The largest absolute Gasteiger partial charge is 0.393 e. The number of nitrogens with zero attached hydrogens (tertiary/aromatic N) is 2. The molecule has 3 N–H and O–H groups in total. The summed E-state index contributed by atoms with van der Waals surface area (Å²) in [6.07, 6.45) is 1.22. The van der Waals surface area contributed by atoms with Crippen LogP contribution in [0.25, 0.3) is 0 Å². The number of amides is 1. The van der Waals surface area contributed by atoms with Crippen LogP contribution in [0.15, 0.2) is 12.3 Å². The van der Waals surface area contributed by atoms with Crippen LogP contribution in [0.5, 0.6) is 0 Å². The van der Waals surface area contributed by atoms with Gasteiger partial charge in [0, 0.05) is 19.8 Å². The topological polar surface area (TPSA) is 79.5 Å². The number of rotatable bonds is 4. The first kappa shape index (κ1) is 13.4. The zero-order valence-corrected chi connectivity index (χ0v) is 9.85. The molecule has 0 spiro atoms. The number of anilines is 1. The molecule has 1 atom stereocenters. The Morgan fingerprint density at radius 3 is 2.94 bits per heavy atom. The number of aliphatic hydroxyl groups excluding tert-OH is 1. The van der Waals surface area contributed by atoms with Gasteiger partial charge < -0.3 is 15.7 Å². The van der Waals surface area contributed by atoms with Gasteiger partial charge in [0.1, 0.15) is 0 Å². The summed E-state index contributed by atoms with van der Waals surface area (Å²) in [5, 5.41) is 9.11. The SMILES string of the molecule is CC(O)CCN(C)C(=O)c1ccnc(N)c1F. The van der Waals surface area contributed by atoms with Gasteiger partial charge in [0.2, 0.25) is 0 Å². The summed E-state index contributed by atoms with van der Waals surface area (Å²) in [5.74, 6) is -1.57. The van der Waals surface area contributed by atoms with E-state index in [2.05, 4.69) is 4.98 Å². The molecule has 0 bridgehead atoms. The number of hydrogen-bond acceptors (Lipinski definition) is 4. The first-order chi connectivity index (χ1) is 7.93. The lowest BCUT2D eigenvalue weighted by Crippen LogP contribution is -2.30. The minimum Gasteiger partial charge on any atom is -0.393 e. The monoisotopic (exact) mass is 241 g/mol. The molecule has 1 rings (SSSR count). The van der Waals surface area contributed by atoms with Gasteiger partial charge in [0.15, 0.2) is 11.6 Å². The quantitative estimate of drug-likeness (QED) is 0.811. The Kier molecular flexibility index (Phi) is 4.39. The highest BCUT2D eigenvalue weighted by atomic mass is 19.1. The highest BCUT2D eigenvalue weighted by Gasteiger charge is 2.18. The maximum absolute atomic E-state index is 13.5. The summed E-state index contributed by atoms with van der Waals surface area (Å²) in [5.41, 5.74) is 5.18. The van der Waals surface area contributed by atoms with Crippen molar-refractivity contribution in [2.24, 2.45) is 0 Å². The zero-order valence-electron chi connectivity index (χ0n) is 9.85. The molecule has 0 saturated heterocycles. The number of carbonyl (C=O) groups is 1. The van der Waals surface area contributed by atoms with E-state index in [1.807, 2.05) is 0 Å². The lowest BCUT2D eigenvalue weighted by molar-refractivity contribution is 0.0764. The first-order valence-corrected chi connectivity index (χ1v) is 5.27. The summed E-state index contributed by atoms with van der Waals surface area (Å²) in [6, 6.07) is 1.28. The Labute approximate surface area is 99.1 Å². The van der Waals surface area contributed by atoms with Gasteiger partial charge >= 0.3 is 0 Å². The van der Waals surface area contributed by atoms with Crippen LogP contribution in [0.4, 0.5) is 10.2 Å². The first-order valence-electron chi connectivity index (χ1n) is 5.27. The minimum absolute atomic E-state index is 0.106. The molecule has 0 aliphatic rings. The van der Waals surface area contributed by atoms with Crippen molar-refractivity contribution in [3.63, 3.8) is 0 Å². The minimum atomic E-state index is -0.804. The van der Waals surface area contributed by atoms with Crippen molar-refractivity contribution >= 4 is 11.7 Å². The van der Waals surface area contributed by atoms with Crippen LogP contribution in [0.2, 0.25) is 0 Å². The number of nitrogen functional groups attached to an aromatic ring is 1. The molecule has 1 heterocycles. The average molecular weight is 241 g/mol. The second kappa shape index (κ2) is 5.58. The second-order valence-corrected chi connectivity index (χ2v) is 3.92. The van der Waals surface area contributed by atoms with E-state index in [9.17, 15) is 9.18 Å². The Bertz CT molecular complexity index is 410. The van der Waals surface area contributed by atoms with Gasteiger partial charge in [-0.3, -0.25) is 4.79 Å². The third kappa shape index (κ3) is 3.39. The zero-order chi connectivity index (χ0) is 13.0. The normalized spacial score (nSPS) is 12.2. The predicted octanol–water partition coefficient (Wildman–Crippen LogP) is 0.646. The highest BCUT2D eigenvalue weighted by Crippen LogP contribution is 2.13. The summed E-state index contributed by atoms with van der Waals surface area (Å²) in [7, 11) is 1.54. The van der Waals surface area contributed by atoms with E-state index in [1.165, 1.54) is 17.2 Å². The number of aromatic nitrogens is 1. The molecule has 6 heteroatoms. The lowest BCUT2D eigenvalue weighted by atomic mass is 10.2. The molecule has 1 aromatic rings. The van der Waals surface area contributed by atoms with Crippen LogP contribution < -0.4 is 5.73 Å². The average Bonchev–Trinajstić information content (AvgIpc) is 2.28. The molecule has 0 radical (unpaired) electrons. The maximum Gasteiger partial charge on any atom is 0.256 e. The Balaban J connectivity index is 2.78. The van der Waals surface area contributed by atoms with Crippen molar-refractivity contribution in [2.45, 2.75) is 19.4 Å². The lowest BCUT2D eigenvalue weighted by Gasteiger charge is -2.18. The fraction of sp³-hybridized carbons (Fsp3) is 0.455. The molecule has 0 saturated carbocycles. The Morgan fingerprint density at radius 2 is 2.35 bits per heavy atom. The smallest absolute Gasteiger partial charge is 0.256 e. The van der Waals surface area contributed by atoms with E-state index < -0.39 is 17.8 Å². The van der Waals surface area contributed by atoms with Crippen molar-refractivity contribution in [3.8, 4) is 0 Å². The fourth-order valence-corrected chi connectivity index (χ4v) is 1.31. The van der Waals surface area contributed by atoms with Crippen LogP contribution in [-0.2, 0) is 0 Å². The van der Waals surface area contributed by atoms with E-state index in [0.717, 1.165) is 0 Å². The molecule has 5 nitrogen and oxygen atoms in total. The van der Waals surface area contributed by atoms with Crippen molar-refractivity contribution in [1.82, 2.24) is 9.88 Å². The third-order valence-corrected chi connectivity index (χ3v) is 2.38. The van der Waals surface area contributed by atoms with Crippen LogP contribution in [0, 0.1) is 5.82 Å². The molecular weight excluding hydrogens is 225 g/mol. The summed E-state index contributed by atoms with van der Waals surface area (Å²) < 4.78 is 13.5. The van der Waals surface area contributed by atoms with E-state index in [-0.39, 0.29) is 11.4 Å². The fourth-order valence-electron chi connectivity index (χ4n) is 1.31. The van der Waals surface area contributed by atoms with Gasteiger partial charge in [-0.1, -0.05) is 0 Å². The van der Waals surface area contributed by atoms with Crippen LogP contribution >= 0.6 is 0 Å². The number of pyridine rings is 1. The summed E-state index contributed by atoms with van der Waals surface area (Å²) >= 11 is 0. The van der Waals surface area contributed by atoms with Gasteiger partial charge in [-0.15, -0.1) is 0 Å². The molecule has 1 unspecified atom stereocenters.